The second-order valence-electron chi connectivity index (χ2n) is 6.25. The Bertz CT molecular complexity index is 494. The molecule has 0 saturated heterocycles. The summed E-state index contributed by atoms with van der Waals surface area (Å²) in [6.45, 7) is 5.44. The quantitative estimate of drug-likeness (QED) is 0.666. The molecule has 1 aromatic carbocycles. The number of rotatable bonds is 5. The van der Waals surface area contributed by atoms with Crippen molar-refractivity contribution in [3.05, 3.63) is 23.8 Å². The van der Waals surface area contributed by atoms with Gasteiger partial charge in [-0.05, 0) is 37.0 Å². The first-order valence-corrected chi connectivity index (χ1v) is 7.77. The number of nitrogens with zero attached hydrogens (tertiary/aromatic N) is 1. The molecule has 1 saturated carbocycles. The monoisotopic (exact) mass is 290 g/mol. The molecule has 0 aliphatic heterocycles. The third-order valence-corrected chi connectivity index (χ3v) is 4.09. The normalized spacial score (nSPS) is 15.4. The van der Waals surface area contributed by atoms with E-state index in [1.807, 2.05) is 6.07 Å². The van der Waals surface area contributed by atoms with Crippen molar-refractivity contribution in [2.45, 2.75) is 45.6 Å². The van der Waals surface area contributed by atoms with Crippen LogP contribution in [0.4, 0.5) is 11.4 Å². The van der Waals surface area contributed by atoms with Crippen molar-refractivity contribution >= 4 is 17.3 Å². The number of anilines is 2. The number of ether oxygens (including phenoxy) is 1. The van der Waals surface area contributed by atoms with E-state index in [2.05, 4.69) is 18.7 Å². The van der Waals surface area contributed by atoms with E-state index in [0.717, 1.165) is 12.2 Å². The summed E-state index contributed by atoms with van der Waals surface area (Å²) in [6, 6.07) is 6.06. The Kier molecular flexibility index (Phi) is 5.10. The van der Waals surface area contributed by atoms with Crippen LogP contribution in [0.15, 0.2) is 18.2 Å². The lowest BCUT2D eigenvalue weighted by molar-refractivity contribution is 0.0601. The molecule has 1 aliphatic rings. The second-order valence-corrected chi connectivity index (χ2v) is 6.25. The van der Waals surface area contributed by atoms with E-state index in [9.17, 15) is 4.79 Å². The number of nitrogen functional groups attached to an aromatic ring is 1. The van der Waals surface area contributed by atoms with Crippen LogP contribution in [0, 0.1) is 5.92 Å². The third kappa shape index (κ3) is 3.69. The van der Waals surface area contributed by atoms with Gasteiger partial charge in [-0.2, -0.15) is 0 Å². The minimum absolute atomic E-state index is 0.343. The standard InChI is InChI=1S/C17H26N2O2/c1-12(2)11-19(14-6-4-5-7-14)16-9-8-13(10-15(16)18)17(20)21-3/h8-10,12,14H,4-7,11,18H2,1-3H3. The van der Waals surface area contributed by atoms with Gasteiger partial charge in [0.25, 0.3) is 0 Å². The highest BCUT2D eigenvalue weighted by Crippen LogP contribution is 2.33. The zero-order chi connectivity index (χ0) is 15.4. The Morgan fingerprint density at radius 1 is 1.38 bits per heavy atom. The molecule has 4 nitrogen and oxygen atoms in total. The molecular weight excluding hydrogens is 264 g/mol. The van der Waals surface area contributed by atoms with Crippen LogP contribution in [0.5, 0.6) is 0 Å². The molecule has 0 radical (unpaired) electrons. The van der Waals surface area contributed by atoms with Crippen LogP contribution in [0.3, 0.4) is 0 Å². The molecule has 4 heteroatoms. The van der Waals surface area contributed by atoms with Crippen LogP contribution in [0.1, 0.15) is 49.9 Å². The zero-order valence-electron chi connectivity index (χ0n) is 13.3. The highest BCUT2D eigenvalue weighted by molar-refractivity contribution is 5.92. The number of hydrogen-bond donors (Lipinski definition) is 1. The van der Waals surface area contributed by atoms with Gasteiger partial charge >= 0.3 is 5.97 Å². The zero-order valence-corrected chi connectivity index (χ0v) is 13.3. The largest absolute Gasteiger partial charge is 0.465 e. The summed E-state index contributed by atoms with van der Waals surface area (Å²) in [7, 11) is 1.38. The SMILES string of the molecule is COC(=O)c1ccc(N(CC(C)C)C2CCCC2)c(N)c1. The van der Waals surface area contributed by atoms with Gasteiger partial charge in [0.2, 0.25) is 0 Å². The Morgan fingerprint density at radius 3 is 2.57 bits per heavy atom. The van der Waals surface area contributed by atoms with Crippen molar-refractivity contribution in [3.8, 4) is 0 Å². The van der Waals surface area contributed by atoms with Crippen molar-refractivity contribution in [1.29, 1.82) is 0 Å². The molecule has 0 aromatic heterocycles. The number of carbonyl (C=O) groups is 1. The Labute approximate surface area is 127 Å². The molecule has 1 aromatic rings. The summed E-state index contributed by atoms with van der Waals surface area (Å²) in [5.74, 6) is 0.231. The summed E-state index contributed by atoms with van der Waals surface area (Å²) in [5.41, 5.74) is 8.42. The maximum Gasteiger partial charge on any atom is 0.337 e. The van der Waals surface area contributed by atoms with Gasteiger partial charge < -0.3 is 15.4 Å². The number of methoxy groups -OCH3 is 1. The Balaban J connectivity index is 2.28. The number of nitrogens with two attached hydrogens (primary N) is 1. The van der Waals surface area contributed by atoms with Gasteiger partial charge in [0.05, 0.1) is 24.0 Å². The predicted octanol–water partition coefficient (Wildman–Crippen LogP) is 3.46. The van der Waals surface area contributed by atoms with Crippen LogP contribution in [0.2, 0.25) is 0 Å². The second kappa shape index (κ2) is 6.83. The number of benzene rings is 1. The summed E-state index contributed by atoms with van der Waals surface area (Å²) in [5, 5.41) is 0. The molecule has 0 unspecified atom stereocenters. The summed E-state index contributed by atoms with van der Waals surface area (Å²) < 4.78 is 4.75. The van der Waals surface area contributed by atoms with Gasteiger partial charge in [-0.25, -0.2) is 4.79 Å². The van der Waals surface area contributed by atoms with Gasteiger partial charge in [0.15, 0.2) is 0 Å². The van der Waals surface area contributed by atoms with E-state index in [-0.39, 0.29) is 5.97 Å². The van der Waals surface area contributed by atoms with E-state index in [0.29, 0.717) is 23.2 Å². The molecule has 2 N–H and O–H groups in total. The number of carbonyl (C=O) groups excluding carboxylic acids is 1. The smallest absolute Gasteiger partial charge is 0.337 e. The molecule has 1 aliphatic carbocycles. The highest BCUT2D eigenvalue weighted by atomic mass is 16.5. The van der Waals surface area contributed by atoms with Gasteiger partial charge in [0, 0.05) is 12.6 Å². The maximum absolute atomic E-state index is 11.6. The van der Waals surface area contributed by atoms with E-state index in [1.54, 1.807) is 12.1 Å². The minimum atomic E-state index is -0.343. The minimum Gasteiger partial charge on any atom is -0.465 e. The van der Waals surface area contributed by atoms with Crippen molar-refractivity contribution < 1.29 is 9.53 Å². The van der Waals surface area contributed by atoms with Crippen molar-refractivity contribution in [2.75, 3.05) is 24.3 Å². The Morgan fingerprint density at radius 2 is 2.05 bits per heavy atom. The van der Waals surface area contributed by atoms with Crippen LogP contribution in [-0.4, -0.2) is 25.7 Å². The first-order valence-electron chi connectivity index (χ1n) is 7.77. The molecule has 21 heavy (non-hydrogen) atoms. The average Bonchev–Trinajstić information content (AvgIpc) is 2.98. The Hall–Kier alpha value is -1.71. The molecule has 1 fully saturated rings. The first-order chi connectivity index (χ1) is 10.0. The molecule has 0 bridgehead atoms. The number of esters is 1. The molecule has 0 spiro atoms. The van der Waals surface area contributed by atoms with Crippen molar-refractivity contribution in [2.24, 2.45) is 5.92 Å². The van der Waals surface area contributed by atoms with Crippen LogP contribution in [-0.2, 0) is 4.74 Å². The van der Waals surface area contributed by atoms with Crippen LogP contribution >= 0.6 is 0 Å². The fourth-order valence-electron chi connectivity index (χ4n) is 3.11. The number of hydrogen-bond acceptors (Lipinski definition) is 4. The molecule has 2 rings (SSSR count). The molecule has 116 valence electrons. The van der Waals surface area contributed by atoms with Gasteiger partial charge in [-0.15, -0.1) is 0 Å². The third-order valence-electron chi connectivity index (χ3n) is 4.09. The maximum atomic E-state index is 11.6. The van der Waals surface area contributed by atoms with Crippen molar-refractivity contribution in [3.63, 3.8) is 0 Å². The fraction of sp³-hybridized carbons (Fsp3) is 0.588. The van der Waals surface area contributed by atoms with E-state index in [4.69, 9.17) is 10.5 Å². The first kappa shape index (κ1) is 15.7. The molecular formula is C17H26N2O2. The van der Waals surface area contributed by atoms with Gasteiger partial charge in [-0.3, -0.25) is 0 Å². The van der Waals surface area contributed by atoms with E-state index >= 15 is 0 Å². The van der Waals surface area contributed by atoms with Gasteiger partial charge in [-0.1, -0.05) is 26.7 Å². The lowest BCUT2D eigenvalue weighted by Gasteiger charge is -2.33. The summed E-state index contributed by atoms with van der Waals surface area (Å²) in [6.07, 6.45) is 5.04. The van der Waals surface area contributed by atoms with E-state index < -0.39 is 0 Å². The summed E-state index contributed by atoms with van der Waals surface area (Å²) >= 11 is 0. The van der Waals surface area contributed by atoms with Crippen LogP contribution < -0.4 is 10.6 Å². The molecule has 0 amide bonds. The fourth-order valence-corrected chi connectivity index (χ4v) is 3.11. The highest BCUT2D eigenvalue weighted by Gasteiger charge is 2.25. The predicted molar refractivity (Wildman–Crippen MR) is 86.6 cm³/mol. The topological polar surface area (TPSA) is 55.6 Å². The molecule has 0 atom stereocenters. The van der Waals surface area contributed by atoms with Crippen molar-refractivity contribution in [1.82, 2.24) is 0 Å². The lowest BCUT2D eigenvalue weighted by Crippen LogP contribution is -2.36. The van der Waals surface area contributed by atoms with Crippen LogP contribution in [0.25, 0.3) is 0 Å². The van der Waals surface area contributed by atoms with Gasteiger partial charge in [0.1, 0.15) is 0 Å². The molecule has 0 heterocycles. The summed E-state index contributed by atoms with van der Waals surface area (Å²) in [4.78, 5) is 14.0. The lowest BCUT2D eigenvalue weighted by atomic mass is 10.1. The average molecular weight is 290 g/mol. The van der Waals surface area contributed by atoms with E-state index in [1.165, 1.54) is 32.8 Å².